The highest BCUT2D eigenvalue weighted by Crippen LogP contribution is 2.23. The normalized spacial score (nSPS) is 21.0. The number of benzene rings is 1. The number of carboxylic acids is 1. The number of nitrogens with one attached hydrogen (secondary N) is 1. The van der Waals surface area contributed by atoms with E-state index in [4.69, 9.17) is 14.6 Å². The summed E-state index contributed by atoms with van der Waals surface area (Å²) >= 11 is 3.31. The first kappa shape index (κ1) is 15.8. The van der Waals surface area contributed by atoms with E-state index in [1.807, 2.05) is 6.07 Å². The molecule has 0 bridgehead atoms. The minimum atomic E-state index is -0.964. The first-order valence-corrected chi connectivity index (χ1v) is 7.27. The average molecular weight is 358 g/mol. The molecule has 1 amide bonds. The van der Waals surface area contributed by atoms with E-state index in [-0.39, 0.29) is 25.5 Å². The molecule has 1 atom stereocenters. The van der Waals surface area contributed by atoms with E-state index in [1.165, 1.54) is 0 Å². The van der Waals surface area contributed by atoms with Crippen LogP contribution in [0.4, 0.5) is 0 Å². The fourth-order valence-corrected chi connectivity index (χ4v) is 2.59. The lowest BCUT2D eigenvalue weighted by atomic mass is 9.94. The van der Waals surface area contributed by atoms with Crippen LogP contribution in [0.3, 0.4) is 0 Å². The lowest BCUT2D eigenvalue weighted by Gasteiger charge is -2.26. The highest BCUT2D eigenvalue weighted by atomic mass is 79.9. The second-order valence-corrected chi connectivity index (χ2v) is 5.86. The Morgan fingerprint density at radius 3 is 2.90 bits per heavy atom. The lowest BCUT2D eigenvalue weighted by Crippen LogP contribution is -2.51. The predicted octanol–water partition coefficient (Wildman–Crippen LogP) is 1.58. The molecule has 0 spiro atoms. The van der Waals surface area contributed by atoms with Gasteiger partial charge in [0.15, 0.2) is 6.61 Å². The van der Waals surface area contributed by atoms with Gasteiger partial charge in [-0.2, -0.15) is 0 Å². The molecule has 1 aliphatic heterocycles. The second kappa shape index (κ2) is 6.91. The Morgan fingerprint density at radius 1 is 1.48 bits per heavy atom. The number of rotatable bonds is 6. The summed E-state index contributed by atoms with van der Waals surface area (Å²) in [5.41, 5.74) is -0.830. The van der Waals surface area contributed by atoms with Crippen LogP contribution < -0.4 is 10.1 Å². The summed E-state index contributed by atoms with van der Waals surface area (Å²) in [6, 6.07) is 7.14. The van der Waals surface area contributed by atoms with Gasteiger partial charge in [0.2, 0.25) is 0 Å². The molecule has 21 heavy (non-hydrogen) atoms. The summed E-state index contributed by atoms with van der Waals surface area (Å²) in [6.45, 7) is 0.486. The molecule has 0 radical (unpaired) electrons. The molecule has 2 rings (SSSR count). The predicted molar refractivity (Wildman–Crippen MR) is 78.2 cm³/mol. The highest BCUT2D eigenvalue weighted by molar-refractivity contribution is 9.10. The molecule has 6 nitrogen and oxygen atoms in total. The molecule has 0 aliphatic carbocycles. The van der Waals surface area contributed by atoms with Crippen molar-refractivity contribution in [2.24, 2.45) is 0 Å². The molecule has 1 saturated heterocycles. The summed E-state index contributed by atoms with van der Waals surface area (Å²) in [4.78, 5) is 22.9. The van der Waals surface area contributed by atoms with Crippen LogP contribution in [0, 0.1) is 0 Å². The molecular weight excluding hydrogens is 342 g/mol. The van der Waals surface area contributed by atoms with Crippen molar-refractivity contribution in [1.82, 2.24) is 5.32 Å². The van der Waals surface area contributed by atoms with E-state index in [2.05, 4.69) is 21.2 Å². The Labute approximate surface area is 130 Å². The number of carboxylic acid groups (broad SMARTS) is 1. The molecule has 114 valence electrons. The van der Waals surface area contributed by atoms with Gasteiger partial charge >= 0.3 is 5.97 Å². The van der Waals surface area contributed by atoms with Crippen molar-refractivity contribution in [3.8, 4) is 5.75 Å². The molecule has 1 heterocycles. The first-order valence-electron chi connectivity index (χ1n) is 6.48. The molecule has 0 aromatic heterocycles. The topological polar surface area (TPSA) is 84.9 Å². The molecular formula is C14H16BrNO5. The number of carbonyl (C=O) groups is 2. The molecule has 1 unspecified atom stereocenters. The van der Waals surface area contributed by atoms with Crippen molar-refractivity contribution in [3.63, 3.8) is 0 Å². The Bertz CT molecular complexity index is 528. The Morgan fingerprint density at radius 2 is 2.29 bits per heavy atom. The monoisotopic (exact) mass is 357 g/mol. The van der Waals surface area contributed by atoms with E-state index < -0.39 is 11.5 Å². The number of carbonyl (C=O) groups excluding carboxylic acids is 1. The van der Waals surface area contributed by atoms with Gasteiger partial charge in [0.05, 0.1) is 18.6 Å². The Kier molecular flexibility index (Phi) is 5.19. The van der Waals surface area contributed by atoms with E-state index >= 15 is 0 Å². The zero-order chi connectivity index (χ0) is 15.3. The van der Waals surface area contributed by atoms with Gasteiger partial charge in [-0.3, -0.25) is 9.59 Å². The third-order valence-corrected chi connectivity index (χ3v) is 3.66. The third-order valence-electron chi connectivity index (χ3n) is 3.16. The first-order chi connectivity index (χ1) is 9.99. The molecule has 2 N–H and O–H groups in total. The molecule has 1 aliphatic rings. The average Bonchev–Trinajstić information content (AvgIpc) is 2.83. The van der Waals surface area contributed by atoms with Crippen LogP contribution in [0.25, 0.3) is 0 Å². The van der Waals surface area contributed by atoms with E-state index in [1.54, 1.807) is 18.2 Å². The van der Waals surface area contributed by atoms with E-state index in [9.17, 15) is 9.59 Å². The summed E-state index contributed by atoms with van der Waals surface area (Å²) in [5.74, 6) is -0.759. The van der Waals surface area contributed by atoms with Gasteiger partial charge < -0.3 is 19.9 Å². The number of amides is 1. The number of ether oxygens (including phenoxy) is 2. The molecule has 1 fully saturated rings. The second-order valence-electron chi connectivity index (χ2n) is 4.95. The zero-order valence-corrected chi connectivity index (χ0v) is 12.9. The largest absolute Gasteiger partial charge is 0.484 e. The van der Waals surface area contributed by atoms with Crippen molar-refractivity contribution < 1.29 is 24.2 Å². The maximum atomic E-state index is 11.9. The smallest absolute Gasteiger partial charge is 0.305 e. The van der Waals surface area contributed by atoms with Gasteiger partial charge in [-0.1, -0.05) is 22.0 Å². The number of aliphatic carboxylic acids is 1. The molecule has 7 heteroatoms. The van der Waals surface area contributed by atoms with E-state index in [0.29, 0.717) is 18.8 Å². The van der Waals surface area contributed by atoms with Crippen LogP contribution in [0.1, 0.15) is 12.8 Å². The van der Waals surface area contributed by atoms with Crippen LogP contribution in [0.15, 0.2) is 28.7 Å². The fourth-order valence-electron chi connectivity index (χ4n) is 2.22. The number of hydrogen-bond donors (Lipinski definition) is 2. The summed E-state index contributed by atoms with van der Waals surface area (Å²) in [6.07, 6.45) is 0.331. The van der Waals surface area contributed by atoms with Gasteiger partial charge in [0.25, 0.3) is 5.91 Å². The number of hydrogen-bond acceptors (Lipinski definition) is 4. The maximum Gasteiger partial charge on any atom is 0.305 e. The van der Waals surface area contributed by atoms with Crippen molar-refractivity contribution in [1.29, 1.82) is 0 Å². The molecule has 1 aromatic carbocycles. The SMILES string of the molecule is O=C(O)CC1(NC(=O)COc2cccc(Br)c2)CCOC1. The van der Waals surface area contributed by atoms with Crippen LogP contribution in [-0.2, 0) is 14.3 Å². The van der Waals surface area contributed by atoms with Crippen LogP contribution in [-0.4, -0.2) is 42.3 Å². The van der Waals surface area contributed by atoms with Crippen LogP contribution in [0.5, 0.6) is 5.75 Å². The maximum absolute atomic E-state index is 11.9. The lowest BCUT2D eigenvalue weighted by molar-refractivity contribution is -0.139. The summed E-state index contributed by atoms with van der Waals surface area (Å²) < 4.78 is 11.4. The van der Waals surface area contributed by atoms with Crippen molar-refractivity contribution in [2.45, 2.75) is 18.4 Å². The van der Waals surface area contributed by atoms with Crippen molar-refractivity contribution in [2.75, 3.05) is 19.8 Å². The Hall–Kier alpha value is -1.60. The van der Waals surface area contributed by atoms with E-state index in [0.717, 1.165) is 4.47 Å². The Balaban J connectivity index is 1.89. The van der Waals surface area contributed by atoms with Gasteiger partial charge in [-0.05, 0) is 24.6 Å². The van der Waals surface area contributed by atoms with Gasteiger partial charge in [0, 0.05) is 11.1 Å². The standard InChI is InChI=1S/C14H16BrNO5/c15-10-2-1-3-11(6-10)21-8-12(17)16-14(7-13(18)19)4-5-20-9-14/h1-3,6H,4-5,7-9H2,(H,16,17)(H,18,19). The summed E-state index contributed by atoms with van der Waals surface area (Å²) in [5, 5.41) is 11.7. The van der Waals surface area contributed by atoms with Gasteiger partial charge in [-0.15, -0.1) is 0 Å². The van der Waals surface area contributed by atoms with Gasteiger partial charge in [-0.25, -0.2) is 0 Å². The molecule has 0 saturated carbocycles. The number of halogens is 1. The molecule has 1 aromatic rings. The minimum Gasteiger partial charge on any atom is -0.484 e. The van der Waals surface area contributed by atoms with Crippen molar-refractivity contribution >= 4 is 27.8 Å². The summed E-state index contributed by atoms with van der Waals surface area (Å²) in [7, 11) is 0. The zero-order valence-electron chi connectivity index (χ0n) is 11.3. The minimum absolute atomic E-state index is 0.157. The van der Waals surface area contributed by atoms with Crippen LogP contribution in [0.2, 0.25) is 0 Å². The quantitative estimate of drug-likeness (QED) is 0.807. The van der Waals surface area contributed by atoms with Gasteiger partial charge in [0.1, 0.15) is 5.75 Å². The highest BCUT2D eigenvalue weighted by Gasteiger charge is 2.38. The van der Waals surface area contributed by atoms with Crippen LogP contribution >= 0.6 is 15.9 Å². The van der Waals surface area contributed by atoms with Crippen molar-refractivity contribution in [3.05, 3.63) is 28.7 Å². The third kappa shape index (κ3) is 4.71. The fraction of sp³-hybridized carbons (Fsp3) is 0.429.